The lowest BCUT2D eigenvalue weighted by Crippen LogP contribution is -2.25. The highest BCUT2D eigenvalue weighted by Gasteiger charge is 2.35. The molecular weight excluding hydrogens is 521 g/mol. The minimum absolute atomic E-state index is 0.104. The molecule has 3 N–H and O–H groups in total. The Morgan fingerprint density at radius 3 is 2.57 bits per heavy atom. The number of halogens is 1. The van der Waals surface area contributed by atoms with Crippen molar-refractivity contribution in [1.82, 2.24) is 24.6 Å². The zero-order valence-electron chi connectivity index (χ0n) is 17.8. The highest BCUT2D eigenvalue weighted by atomic mass is 32.2. The van der Waals surface area contributed by atoms with E-state index in [1.165, 1.54) is 6.07 Å². The van der Waals surface area contributed by atoms with Gasteiger partial charge in [0.15, 0.2) is 15.1 Å². The van der Waals surface area contributed by atoms with Gasteiger partial charge in [-0.25, -0.2) is 22.5 Å². The highest BCUT2D eigenvalue weighted by molar-refractivity contribution is 7.91. The second kappa shape index (κ2) is 8.28. The average molecular weight is 538 g/mol. The van der Waals surface area contributed by atoms with Crippen LogP contribution in [0.5, 0.6) is 0 Å². The van der Waals surface area contributed by atoms with Gasteiger partial charge in [0.1, 0.15) is 10.8 Å². The van der Waals surface area contributed by atoms with Gasteiger partial charge in [-0.3, -0.25) is 4.72 Å². The fourth-order valence-corrected chi connectivity index (χ4v) is 6.96. The maximum absolute atomic E-state index is 14.8. The van der Waals surface area contributed by atoms with E-state index < -0.39 is 37.0 Å². The Labute approximate surface area is 202 Å². The summed E-state index contributed by atoms with van der Waals surface area (Å²) in [6.45, 7) is 0. The summed E-state index contributed by atoms with van der Waals surface area (Å²) in [5, 5.41) is 16.0. The zero-order valence-corrected chi connectivity index (χ0v) is 20.2. The molecule has 1 aliphatic heterocycles. The first-order valence-corrected chi connectivity index (χ1v) is 14.1. The van der Waals surface area contributed by atoms with Crippen molar-refractivity contribution in [1.29, 1.82) is 0 Å². The summed E-state index contributed by atoms with van der Waals surface area (Å²) in [6, 6.07) is 11.8. The third-order valence-corrected chi connectivity index (χ3v) is 8.53. The zero-order chi connectivity index (χ0) is 25.0. The van der Waals surface area contributed by atoms with Crippen LogP contribution < -0.4 is 9.44 Å². The molecule has 35 heavy (non-hydrogen) atoms. The summed E-state index contributed by atoms with van der Waals surface area (Å²) in [5.41, 5.74) is 1.15. The molecule has 15 heteroatoms. The van der Waals surface area contributed by atoms with Gasteiger partial charge in [0, 0.05) is 17.9 Å². The number of hydrogen-bond donors (Lipinski definition) is 3. The lowest BCUT2D eigenvalue weighted by Gasteiger charge is -2.07. The number of aliphatic hydroxyl groups is 1. The molecule has 4 aromatic rings. The van der Waals surface area contributed by atoms with Gasteiger partial charge in [-0.2, -0.15) is 8.42 Å². The number of fused-ring (bicyclic) bond motifs is 1. The molecule has 0 aliphatic carbocycles. The molecule has 0 saturated carbocycles. The Balaban J connectivity index is 1.52. The van der Waals surface area contributed by atoms with E-state index in [2.05, 4.69) is 19.9 Å². The fourth-order valence-electron chi connectivity index (χ4n) is 3.53. The van der Waals surface area contributed by atoms with Crippen molar-refractivity contribution in [3.8, 4) is 11.1 Å². The fraction of sp³-hybridized carbons (Fsp3) is 0.150. The summed E-state index contributed by atoms with van der Waals surface area (Å²) in [5.74, 6) is -1.57. The maximum atomic E-state index is 14.8. The lowest BCUT2D eigenvalue weighted by atomic mass is 10.1. The van der Waals surface area contributed by atoms with Gasteiger partial charge in [0.2, 0.25) is 17.7 Å². The Kier molecular flexibility index (Phi) is 5.49. The van der Waals surface area contributed by atoms with Crippen molar-refractivity contribution in [3.63, 3.8) is 0 Å². The second-order valence-electron chi connectivity index (χ2n) is 7.67. The molecule has 1 unspecified atom stereocenters. The SMILES string of the molecule is CS(=O)(=O)C(c1nnc(CC2=C(O)NS(=O)(=O)N2)o1)c1nc2cc(F)c(-c3ccccc3)cc2s1. The summed E-state index contributed by atoms with van der Waals surface area (Å²) in [4.78, 5) is 4.32. The van der Waals surface area contributed by atoms with Crippen molar-refractivity contribution < 1.29 is 30.7 Å². The Hall–Kier alpha value is -3.56. The molecule has 182 valence electrons. The number of nitrogens with one attached hydrogen (secondary N) is 2. The molecule has 0 amide bonds. The number of nitrogens with zero attached hydrogens (tertiary/aromatic N) is 3. The molecule has 2 aromatic heterocycles. The number of thiazole rings is 1. The molecule has 0 radical (unpaired) electrons. The monoisotopic (exact) mass is 537 g/mol. The molecule has 0 saturated heterocycles. The van der Waals surface area contributed by atoms with Crippen LogP contribution in [0.25, 0.3) is 21.3 Å². The maximum Gasteiger partial charge on any atom is 0.323 e. The molecule has 11 nitrogen and oxygen atoms in total. The van der Waals surface area contributed by atoms with Gasteiger partial charge in [-0.15, -0.1) is 21.5 Å². The minimum atomic E-state index is -3.93. The van der Waals surface area contributed by atoms with Gasteiger partial charge in [-0.1, -0.05) is 30.3 Å². The predicted molar refractivity (Wildman–Crippen MR) is 125 cm³/mol. The molecule has 0 spiro atoms. The smallest absolute Gasteiger partial charge is 0.323 e. The van der Waals surface area contributed by atoms with E-state index in [4.69, 9.17) is 4.42 Å². The quantitative estimate of drug-likeness (QED) is 0.335. The largest absolute Gasteiger partial charge is 0.493 e. The van der Waals surface area contributed by atoms with Crippen LogP contribution in [0.4, 0.5) is 4.39 Å². The normalized spacial score (nSPS) is 16.3. The van der Waals surface area contributed by atoms with Crippen LogP contribution >= 0.6 is 11.3 Å². The number of rotatable bonds is 6. The van der Waals surface area contributed by atoms with Crippen LogP contribution in [0.3, 0.4) is 0 Å². The first-order chi connectivity index (χ1) is 16.5. The van der Waals surface area contributed by atoms with Crippen LogP contribution in [-0.2, 0) is 26.5 Å². The standard InChI is InChI=1S/C20H16FN5O6S3/c1-34(28,29)17(19-24-23-16(32-19)9-14-18(27)26-35(30,31)25-14)20-22-13-8-12(21)11(7-15(13)33-20)10-5-3-2-4-6-10/h2-8,17,25-27H,9H2,1H3. The van der Waals surface area contributed by atoms with Gasteiger partial charge in [0.25, 0.3) is 0 Å². The van der Waals surface area contributed by atoms with E-state index in [1.807, 2.05) is 10.8 Å². The van der Waals surface area contributed by atoms with E-state index in [9.17, 15) is 26.3 Å². The minimum Gasteiger partial charge on any atom is -0.493 e. The van der Waals surface area contributed by atoms with Crippen LogP contribution in [0.1, 0.15) is 22.0 Å². The number of hydrogen-bond acceptors (Lipinski definition) is 10. The lowest BCUT2D eigenvalue weighted by molar-refractivity contribution is 0.381. The number of benzene rings is 2. The summed E-state index contributed by atoms with van der Waals surface area (Å²) in [6.07, 6.45) is 0.681. The molecule has 3 heterocycles. The van der Waals surface area contributed by atoms with E-state index in [0.717, 1.165) is 17.6 Å². The van der Waals surface area contributed by atoms with Gasteiger partial charge < -0.3 is 9.52 Å². The summed E-state index contributed by atoms with van der Waals surface area (Å²) < 4.78 is 73.1. The van der Waals surface area contributed by atoms with E-state index >= 15 is 0 Å². The van der Waals surface area contributed by atoms with Crippen molar-refractivity contribution >= 4 is 41.6 Å². The average Bonchev–Trinajstić information content (AvgIpc) is 3.44. The number of allylic oxidation sites excluding steroid dienone is 1. The summed E-state index contributed by atoms with van der Waals surface area (Å²) in [7, 11) is -7.79. The second-order valence-corrected chi connectivity index (χ2v) is 12.3. The third-order valence-electron chi connectivity index (χ3n) is 5.04. The van der Waals surface area contributed by atoms with Crippen LogP contribution in [0, 0.1) is 5.82 Å². The van der Waals surface area contributed by atoms with Crippen LogP contribution in [0.15, 0.2) is 58.5 Å². The van der Waals surface area contributed by atoms with Gasteiger partial charge >= 0.3 is 10.2 Å². The van der Waals surface area contributed by atoms with Crippen molar-refractivity contribution in [2.75, 3.05) is 6.26 Å². The molecule has 0 bridgehead atoms. The molecule has 5 rings (SSSR count). The Morgan fingerprint density at radius 2 is 1.91 bits per heavy atom. The van der Waals surface area contributed by atoms with E-state index in [0.29, 0.717) is 15.8 Å². The predicted octanol–water partition coefficient (Wildman–Crippen LogP) is 2.33. The Morgan fingerprint density at radius 1 is 1.17 bits per heavy atom. The van der Waals surface area contributed by atoms with Crippen molar-refractivity contribution in [2.45, 2.75) is 11.7 Å². The third kappa shape index (κ3) is 4.56. The van der Waals surface area contributed by atoms with Crippen molar-refractivity contribution in [3.05, 3.63) is 76.7 Å². The van der Waals surface area contributed by atoms with Crippen molar-refractivity contribution in [2.24, 2.45) is 0 Å². The topological polar surface area (TPSA) is 164 Å². The summed E-state index contributed by atoms with van der Waals surface area (Å²) >= 11 is 1.05. The number of sulfone groups is 1. The highest BCUT2D eigenvalue weighted by Crippen LogP contribution is 2.37. The van der Waals surface area contributed by atoms with E-state index in [1.54, 1.807) is 30.3 Å². The van der Waals surface area contributed by atoms with Crippen LogP contribution in [-0.4, -0.2) is 43.4 Å². The van der Waals surface area contributed by atoms with Crippen LogP contribution in [0.2, 0.25) is 0 Å². The van der Waals surface area contributed by atoms with Gasteiger partial charge in [0.05, 0.1) is 22.3 Å². The Bertz CT molecular complexity index is 1700. The molecule has 0 fully saturated rings. The number of aliphatic hydroxyl groups excluding tert-OH is 1. The first-order valence-electron chi connectivity index (χ1n) is 9.89. The van der Waals surface area contributed by atoms with Gasteiger partial charge in [-0.05, 0) is 11.6 Å². The number of aromatic nitrogens is 3. The molecule has 1 aliphatic rings. The first kappa shape index (κ1) is 23.2. The molecule has 2 aromatic carbocycles. The molecular formula is C20H16FN5O6S3. The van der Waals surface area contributed by atoms with E-state index in [-0.39, 0.29) is 34.4 Å². The molecule has 1 atom stereocenters.